The maximum Gasteiger partial charge on any atom is 0.0235 e. The van der Waals surface area contributed by atoms with E-state index in [1.165, 1.54) is 51.0 Å². The Kier molecular flexibility index (Phi) is 4.71. The van der Waals surface area contributed by atoms with Gasteiger partial charge in [0.15, 0.2) is 0 Å². The largest absolute Gasteiger partial charge is 0.330 e. The number of nitrogens with two attached hydrogens (primary N) is 1. The average molecular weight is 273 g/mol. The molecule has 0 radical (unpaired) electrons. The van der Waals surface area contributed by atoms with E-state index in [9.17, 15) is 0 Å². The van der Waals surface area contributed by atoms with Gasteiger partial charge in [-0.1, -0.05) is 30.3 Å². The van der Waals surface area contributed by atoms with Gasteiger partial charge in [-0.2, -0.15) is 0 Å². The zero-order chi connectivity index (χ0) is 13.8. The number of likely N-dealkylation sites (tertiary alicyclic amines) is 2. The van der Waals surface area contributed by atoms with E-state index in [0.29, 0.717) is 0 Å². The summed E-state index contributed by atoms with van der Waals surface area (Å²) in [5.74, 6) is 0.771. The Bertz CT molecular complexity index is 398. The third kappa shape index (κ3) is 3.40. The second-order valence-electron chi connectivity index (χ2n) is 6.38. The molecule has 110 valence electrons. The molecule has 2 aliphatic heterocycles. The molecule has 0 aromatic heterocycles. The molecular formula is C17H27N3. The molecule has 2 N–H and O–H groups in total. The van der Waals surface area contributed by atoms with Gasteiger partial charge in [0.1, 0.15) is 0 Å². The molecule has 0 bridgehead atoms. The summed E-state index contributed by atoms with van der Waals surface area (Å²) in [6.45, 7) is 6.98. The first-order valence-electron chi connectivity index (χ1n) is 8.05. The second kappa shape index (κ2) is 6.70. The first-order chi connectivity index (χ1) is 9.85. The zero-order valence-electron chi connectivity index (χ0n) is 12.4. The first kappa shape index (κ1) is 14.1. The van der Waals surface area contributed by atoms with Crippen LogP contribution >= 0.6 is 0 Å². The minimum atomic E-state index is 0.771. The number of nitrogens with zero attached hydrogens (tertiary/aromatic N) is 2. The van der Waals surface area contributed by atoms with Crippen molar-refractivity contribution >= 4 is 0 Å². The van der Waals surface area contributed by atoms with E-state index in [1.807, 2.05) is 0 Å². The van der Waals surface area contributed by atoms with Gasteiger partial charge >= 0.3 is 0 Å². The van der Waals surface area contributed by atoms with Crippen LogP contribution in [0.4, 0.5) is 0 Å². The maximum absolute atomic E-state index is 5.78. The lowest BCUT2D eigenvalue weighted by molar-refractivity contribution is 0.134. The molecule has 1 unspecified atom stereocenters. The molecule has 1 aromatic rings. The number of rotatable bonds is 4. The van der Waals surface area contributed by atoms with E-state index in [0.717, 1.165) is 25.0 Å². The Morgan fingerprint density at radius 2 is 1.75 bits per heavy atom. The van der Waals surface area contributed by atoms with Crippen molar-refractivity contribution in [2.24, 2.45) is 11.7 Å². The van der Waals surface area contributed by atoms with Crippen LogP contribution in [0.2, 0.25) is 0 Å². The summed E-state index contributed by atoms with van der Waals surface area (Å²) in [6.07, 6.45) is 3.93. The standard InChI is InChI=1S/C17H27N3/c18-12-15-6-10-20(11-7-15)17-8-9-19(14-17)13-16-4-2-1-3-5-16/h1-5,15,17H,6-14,18H2. The minimum Gasteiger partial charge on any atom is -0.330 e. The van der Waals surface area contributed by atoms with Gasteiger partial charge in [0, 0.05) is 25.7 Å². The highest BCUT2D eigenvalue weighted by molar-refractivity contribution is 5.14. The van der Waals surface area contributed by atoms with Crippen molar-refractivity contribution in [3.05, 3.63) is 35.9 Å². The normalized spacial score (nSPS) is 26.1. The highest BCUT2D eigenvalue weighted by Gasteiger charge is 2.30. The second-order valence-corrected chi connectivity index (χ2v) is 6.38. The number of benzene rings is 1. The highest BCUT2D eigenvalue weighted by Crippen LogP contribution is 2.23. The van der Waals surface area contributed by atoms with Crippen LogP contribution in [-0.4, -0.2) is 48.6 Å². The van der Waals surface area contributed by atoms with Gasteiger partial charge in [0.25, 0.3) is 0 Å². The van der Waals surface area contributed by atoms with Gasteiger partial charge < -0.3 is 5.73 Å². The monoisotopic (exact) mass is 273 g/mol. The van der Waals surface area contributed by atoms with E-state index in [-0.39, 0.29) is 0 Å². The summed E-state index contributed by atoms with van der Waals surface area (Å²) in [5, 5.41) is 0. The van der Waals surface area contributed by atoms with Crippen LogP contribution in [-0.2, 0) is 6.54 Å². The fourth-order valence-electron chi connectivity index (χ4n) is 3.65. The van der Waals surface area contributed by atoms with E-state index in [1.54, 1.807) is 0 Å². The van der Waals surface area contributed by atoms with Gasteiger partial charge in [-0.15, -0.1) is 0 Å². The molecule has 1 aromatic carbocycles. The predicted molar refractivity (Wildman–Crippen MR) is 83.5 cm³/mol. The molecule has 2 fully saturated rings. The lowest BCUT2D eigenvalue weighted by Crippen LogP contribution is -2.43. The first-order valence-corrected chi connectivity index (χ1v) is 8.05. The van der Waals surface area contributed by atoms with E-state index < -0.39 is 0 Å². The van der Waals surface area contributed by atoms with Crippen molar-refractivity contribution in [3.8, 4) is 0 Å². The van der Waals surface area contributed by atoms with Gasteiger partial charge in [0.2, 0.25) is 0 Å². The molecule has 20 heavy (non-hydrogen) atoms. The summed E-state index contributed by atoms with van der Waals surface area (Å²) in [7, 11) is 0. The van der Waals surface area contributed by atoms with Gasteiger partial charge in [-0.05, 0) is 50.4 Å². The number of piperidine rings is 1. The van der Waals surface area contributed by atoms with E-state index in [4.69, 9.17) is 5.73 Å². The molecular weight excluding hydrogens is 246 g/mol. The lowest BCUT2D eigenvalue weighted by atomic mass is 9.96. The summed E-state index contributed by atoms with van der Waals surface area (Å²) in [4.78, 5) is 5.31. The topological polar surface area (TPSA) is 32.5 Å². The molecule has 0 saturated carbocycles. The third-order valence-corrected chi connectivity index (χ3v) is 5.00. The van der Waals surface area contributed by atoms with Crippen LogP contribution in [0.15, 0.2) is 30.3 Å². The van der Waals surface area contributed by atoms with Gasteiger partial charge in [0.05, 0.1) is 0 Å². The Morgan fingerprint density at radius 1 is 1.00 bits per heavy atom. The van der Waals surface area contributed by atoms with E-state index >= 15 is 0 Å². The van der Waals surface area contributed by atoms with Crippen LogP contribution in [0.25, 0.3) is 0 Å². The molecule has 3 rings (SSSR count). The van der Waals surface area contributed by atoms with Crippen LogP contribution in [0.1, 0.15) is 24.8 Å². The molecule has 0 aliphatic carbocycles. The summed E-state index contributed by atoms with van der Waals surface area (Å²) in [6, 6.07) is 11.6. The summed E-state index contributed by atoms with van der Waals surface area (Å²) in [5.41, 5.74) is 7.22. The lowest BCUT2D eigenvalue weighted by Gasteiger charge is -2.35. The molecule has 0 amide bonds. The van der Waals surface area contributed by atoms with Crippen molar-refractivity contribution in [1.82, 2.24) is 9.80 Å². The molecule has 3 heteroatoms. The van der Waals surface area contributed by atoms with Crippen molar-refractivity contribution in [3.63, 3.8) is 0 Å². The molecule has 2 heterocycles. The zero-order valence-corrected chi connectivity index (χ0v) is 12.4. The molecule has 0 spiro atoms. The van der Waals surface area contributed by atoms with Crippen molar-refractivity contribution in [2.75, 3.05) is 32.7 Å². The quantitative estimate of drug-likeness (QED) is 0.910. The molecule has 1 atom stereocenters. The van der Waals surface area contributed by atoms with Gasteiger partial charge in [-0.25, -0.2) is 0 Å². The van der Waals surface area contributed by atoms with Crippen molar-refractivity contribution in [2.45, 2.75) is 31.8 Å². The van der Waals surface area contributed by atoms with Crippen molar-refractivity contribution < 1.29 is 0 Å². The Morgan fingerprint density at radius 3 is 2.45 bits per heavy atom. The van der Waals surface area contributed by atoms with Crippen LogP contribution < -0.4 is 5.73 Å². The van der Waals surface area contributed by atoms with Crippen LogP contribution in [0.3, 0.4) is 0 Å². The SMILES string of the molecule is NCC1CCN(C2CCN(Cc3ccccc3)C2)CC1. The predicted octanol–water partition coefficient (Wildman–Crippen LogP) is 1.93. The maximum atomic E-state index is 5.78. The Hall–Kier alpha value is -0.900. The Balaban J connectivity index is 1.48. The summed E-state index contributed by atoms with van der Waals surface area (Å²) < 4.78 is 0. The smallest absolute Gasteiger partial charge is 0.0235 e. The molecule has 3 nitrogen and oxygen atoms in total. The fourth-order valence-corrected chi connectivity index (χ4v) is 3.65. The average Bonchev–Trinajstić information content (AvgIpc) is 2.97. The minimum absolute atomic E-state index is 0.771. The molecule has 2 aliphatic rings. The van der Waals surface area contributed by atoms with Crippen LogP contribution in [0.5, 0.6) is 0 Å². The molecule has 2 saturated heterocycles. The number of hydrogen-bond donors (Lipinski definition) is 1. The third-order valence-electron chi connectivity index (χ3n) is 5.00. The Labute approximate surface area is 122 Å². The summed E-state index contributed by atoms with van der Waals surface area (Å²) >= 11 is 0. The highest BCUT2D eigenvalue weighted by atomic mass is 15.3. The van der Waals surface area contributed by atoms with Gasteiger partial charge in [-0.3, -0.25) is 9.80 Å². The fraction of sp³-hybridized carbons (Fsp3) is 0.647. The van der Waals surface area contributed by atoms with Crippen molar-refractivity contribution in [1.29, 1.82) is 0 Å². The number of hydrogen-bond acceptors (Lipinski definition) is 3. The van der Waals surface area contributed by atoms with E-state index in [2.05, 4.69) is 40.1 Å². The van der Waals surface area contributed by atoms with Crippen LogP contribution in [0, 0.1) is 5.92 Å².